The van der Waals surface area contributed by atoms with Gasteiger partial charge in [0.25, 0.3) is 5.91 Å². The van der Waals surface area contributed by atoms with E-state index >= 15 is 0 Å². The number of hydrogen-bond acceptors (Lipinski definition) is 6. The number of rotatable bonds is 9. The van der Waals surface area contributed by atoms with Gasteiger partial charge in [-0.3, -0.25) is 20.0 Å². The standard InChI is InChI=1S/C18H24N6O5/c1-10(25)23-12(17(26)24-15(20)9-14(19)22-2)7-8-16(21)29-13-6-4-3-5-11(13)18(27)28/h3-6,12,21H,7-9H2,1-2H3,(H2,19,22)(H,23,25)(H,27,28)(H2,20,24,26). The quantitative estimate of drug-likeness (QED) is 0.288. The third-order valence-electron chi connectivity index (χ3n) is 3.59. The summed E-state index contributed by atoms with van der Waals surface area (Å²) in [5.74, 6) is -2.50. The zero-order valence-corrected chi connectivity index (χ0v) is 16.1. The van der Waals surface area contributed by atoms with Crippen LogP contribution in [-0.4, -0.2) is 53.5 Å². The van der Waals surface area contributed by atoms with Crippen LogP contribution >= 0.6 is 0 Å². The van der Waals surface area contributed by atoms with Gasteiger partial charge < -0.3 is 26.6 Å². The predicted molar refractivity (Wildman–Crippen MR) is 107 cm³/mol. The lowest BCUT2D eigenvalue weighted by atomic mass is 10.1. The van der Waals surface area contributed by atoms with E-state index < -0.39 is 23.8 Å². The average molecular weight is 404 g/mol. The summed E-state index contributed by atoms with van der Waals surface area (Å²) in [5, 5.41) is 19.5. The predicted octanol–water partition coefficient (Wildman–Crippen LogP) is 0.287. The molecule has 0 aromatic heterocycles. The van der Waals surface area contributed by atoms with Gasteiger partial charge in [0, 0.05) is 20.4 Å². The van der Waals surface area contributed by atoms with Crippen LogP contribution in [-0.2, 0) is 9.59 Å². The Labute approximate surface area is 167 Å². The van der Waals surface area contributed by atoms with Gasteiger partial charge in [0.1, 0.15) is 29.0 Å². The molecule has 0 aliphatic rings. The Kier molecular flexibility index (Phi) is 8.96. The van der Waals surface area contributed by atoms with Crippen molar-refractivity contribution in [3.05, 3.63) is 29.8 Å². The van der Waals surface area contributed by atoms with Crippen LogP contribution in [0.25, 0.3) is 0 Å². The van der Waals surface area contributed by atoms with Crippen molar-refractivity contribution in [1.29, 1.82) is 5.41 Å². The Morgan fingerprint density at radius 1 is 1.24 bits per heavy atom. The molecule has 2 amide bonds. The number of carbonyl (C=O) groups excluding carboxylic acids is 2. The molecule has 0 saturated heterocycles. The lowest BCUT2D eigenvalue weighted by Gasteiger charge is -2.15. The summed E-state index contributed by atoms with van der Waals surface area (Å²) in [6.07, 6.45) is -0.0564. The SMILES string of the molecule is CN=C(N)CC(N)=NC(=O)C(CCC(=N)Oc1ccccc1C(=O)O)NC(C)=O. The summed E-state index contributed by atoms with van der Waals surface area (Å²) >= 11 is 0. The van der Waals surface area contributed by atoms with E-state index in [1.54, 1.807) is 6.07 Å². The van der Waals surface area contributed by atoms with Crippen molar-refractivity contribution in [2.45, 2.75) is 32.2 Å². The number of benzene rings is 1. The smallest absolute Gasteiger partial charge is 0.339 e. The third kappa shape index (κ3) is 8.20. The lowest BCUT2D eigenvalue weighted by molar-refractivity contribution is -0.126. The molecule has 1 unspecified atom stereocenters. The molecule has 0 aliphatic carbocycles. The van der Waals surface area contributed by atoms with Gasteiger partial charge in [-0.25, -0.2) is 4.79 Å². The maximum atomic E-state index is 12.3. The largest absolute Gasteiger partial charge is 0.478 e. The molecule has 1 atom stereocenters. The second kappa shape index (κ2) is 11.2. The van der Waals surface area contributed by atoms with Crippen molar-refractivity contribution < 1.29 is 24.2 Å². The van der Waals surface area contributed by atoms with E-state index in [9.17, 15) is 14.4 Å². The molecule has 1 rings (SSSR count). The first-order valence-corrected chi connectivity index (χ1v) is 8.56. The van der Waals surface area contributed by atoms with Crippen LogP contribution in [0.15, 0.2) is 34.3 Å². The van der Waals surface area contributed by atoms with Gasteiger partial charge in [0.2, 0.25) is 5.91 Å². The molecule has 11 heteroatoms. The summed E-state index contributed by atoms with van der Waals surface area (Å²) in [4.78, 5) is 42.3. The average Bonchev–Trinajstić information content (AvgIpc) is 2.64. The van der Waals surface area contributed by atoms with E-state index in [0.717, 1.165) is 0 Å². The van der Waals surface area contributed by atoms with Crippen molar-refractivity contribution in [3.8, 4) is 5.75 Å². The molecule has 11 nitrogen and oxygen atoms in total. The number of ether oxygens (including phenoxy) is 1. The Morgan fingerprint density at radius 3 is 2.48 bits per heavy atom. The maximum Gasteiger partial charge on any atom is 0.339 e. The highest BCUT2D eigenvalue weighted by Gasteiger charge is 2.21. The van der Waals surface area contributed by atoms with Crippen molar-refractivity contribution in [2.24, 2.45) is 21.5 Å². The van der Waals surface area contributed by atoms with Crippen molar-refractivity contribution in [3.63, 3.8) is 0 Å². The zero-order valence-electron chi connectivity index (χ0n) is 16.1. The summed E-state index contributed by atoms with van der Waals surface area (Å²) in [6, 6.07) is 4.83. The number of aromatic carboxylic acids is 1. The first-order valence-electron chi connectivity index (χ1n) is 8.56. The van der Waals surface area contributed by atoms with E-state index in [2.05, 4.69) is 15.3 Å². The number of carboxylic acids is 1. The van der Waals surface area contributed by atoms with E-state index in [4.69, 9.17) is 26.7 Å². The third-order valence-corrected chi connectivity index (χ3v) is 3.59. The first kappa shape index (κ1) is 23.3. The van der Waals surface area contributed by atoms with Crippen LogP contribution in [0.3, 0.4) is 0 Å². The van der Waals surface area contributed by atoms with Gasteiger partial charge in [-0.1, -0.05) is 12.1 Å². The fraction of sp³-hybridized carbons (Fsp3) is 0.333. The Balaban J connectivity index is 2.80. The number of carbonyl (C=O) groups is 3. The van der Waals surface area contributed by atoms with Crippen LogP contribution < -0.4 is 21.5 Å². The van der Waals surface area contributed by atoms with Crippen molar-refractivity contribution in [2.75, 3.05) is 7.05 Å². The van der Waals surface area contributed by atoms with Crippen LogP contribution in [0.5, 0.6) is 5.75 Å². The van der Waals surface area contributed by atoms with Crippen molar-refractivity contribution >= 4 is 35.4 Å². The Bertz CT molecular complexity index is 849. The van der Waals surface area contributed by atoms with Gasteiger partial charge in [-0.2, -0.15) is 4.99 Å². The minimum absolute atomic E-state index is 0.0000651. The second-order valence-electron chi connectivity index (χ2n) is 5.95. The van der Waals surface area contributed by atoms with Gasteiger partial charge in [0.05, 0.1) is 6.42 Å². The van der Waals surface area contributed by atoms with Crippen molar-refractivity contribution in [1.82, 2.24) is 5.32 Å². The number of carboxylic acid groups (broad SMARTS) is 1. The number of amidine groups is 2. The molecule has 0 spiro atoms. The molecule has 29 heavy (non-hydrogen) atoms. The highest BCUT2D eigenvalue weighted by atomic mass is 16.5. The van der Waals surface area contributed by atoms with Crippen LogP contribution in [0.2, 0.25) is 0 Å². The molecule has 0 radical (unpaired) electrons. The van der Waals surface area contributed by atoms with Gasteiger partial charge in [-0.05, 0) is 18.6 Å². The number of nitrogens with one attached hydrogen (secondary N) is 2. The van der Waals surface area contributed by atoms with Gasteiger partial charge in [0.15, 0.2) is 5.90 Å². The highest BCUT2D eigenvalue weighted by Crippen LogP contribution is 2.19. The molecular formula is C18H24N6O5. The Hall–Kier alpha value is -3.76. The molecule has 0 bridgehead atoms. The summed E-state index contributed by atoms with van der Waals surface area (Å²) in [7, 11) is 1.47. The molecule has 0 saturated carbocycles. The maximum absolute atomic E-state index is 12.3. The van der Waals surface area contributed by atoms with Crippen LogP contribution in [0.4, 0.5) is 0 Å². The van der Waals surface area contributed by atoms with Gasteiger partial charge >= 0.3 is 5.97 Å². The fourth-order valence-corrected chi connectivity index (χ4v) is 2.22. The number of nitrogens with zero attached hydrogens (tertiary/aromatic N) is 2. The zero-order chi connectivity index (χ0) is 22.0. The molecule has 1 aromatic rings. The number of aliphatic imine (C=N–C) groups is 2. The summed E-state index contributed by atoms with van der Waals surface area (Å²) in [6.45, 7) is 1.24. The number of hydrogen-bond donors (Lipinski definition) is 5. The van der Waals surface area contributed by atoms with E-state index in [0.29, 0.717) is 0 Å². The second-order valence-corrected chi connectivity index (χ2v) is 5.95. The summed E-state index contributed by atoms with van der Waals surface area (Å²) in [5.41, 5.74) is 11.1. The summed E-state index contributed by atoms with van der Waals surface area (Å²) < 4.78 is 5.28. The minimum Gasteiger partial charge on any atom is -0.478 e. The monoisotopic (exact) mass is 404 g/mol. The topological polar surface area (TPSA) is 193 Å². The molecule has 156 valence electrons. The Morgan fingerprint density at radius 2 is 1.90 bits per heavy atom. The number of nitrogens with two attached hydrogens (primary N) is 2. The van der Waals surface area contributed by atoms with E-state index in [1.165, 1.54) is 32.2 Å². The number of amides is 2. The molecule has 1 aromatic carbocycles. The van der Waals surface area contributed by atoms with E-state index in [-0.39, 0.29) is 48.1 Å². The first-order chi connectivity index (χ1) is 13.6. The van der Waals surface area contributed by atoms with Gasteiger partial charge in [-0.15, -0.1) is 0 Å². The fourth-order valence-electron chi connectivity index (χ4n) is 2.22. The molecule has 0 heterocycles. The molecule has 7 N–H and O–H groups in total. The molecule has 0 aliphatic heterocycles. The normalized spacial score (nSPS) is 12.8. The van der Waals surface area contributed by atoms with Crippen LogP contribution in [0.1, 0.15) is 36.5 Å². The number of para-hydroxylation sites is 1. The lowest BCUT2D eigenvalue weighted by Crippen LogP contribution is -2.40. The van der Waals surface area contributed by atoms with E-state index in [1.807, 2.05) is 0 Å². The molecule has 0 fully saturated rings. The highest BCUT2D eigenvalue weighted by molar-refractivity contribution is 6.06. The molecular weight excluding hydrogens is 380 g/mol. The van der Waals surface area contributed by atoms with Crippen LogP contribution in [0, 0.1) is 5.41 Å². The minimum atomic E-state index is -1.19.